The van der Waals surface area contributed by atoms with Crippen LogP contribution >= 0.6 is 11.8 Å². The van der Waals surface area contributed by atoms with Gasteiger partial charge in [-0.15, -0.1) is 11.8 Å². The van der Waals surface area contributed by atoms with Crippen molar-refractivity contribution in [1.82, 2.24) is 0 Å². The minimum Gasteiger partial charge on any atom is -0.463 e. The van der Waals surface area contributed by atoms with Crippen molar-refractivity contribution in [2.45, 2.75) is 70.3 Å². The molecule has 1 fully saturated rings. The van der Waals surface area contributed by atoms with Crippen LogP contribution in [-0.2, 0) is 9.53 Å². The lowest BCUT2D eigenvalue weighted by Gasteiger charge is -2.03. The maximum Gasteiger partial charge on any atom is 0.330 e. The van der Waals surface area contributed by atoms with E-state index in [1.54, 1.807) is 6.08 Å². The SMILES string of the molecule is CCOC(=O)C=C(C)CCC=C(C)CCC1SC1(C)C. The molecule has 0 aromatic rings. The first kappa shape index (κ1) is 17.4. The predicted octanol–water partition coefficient (Wildman–Crippen LogP) is 4.90. The van der Waals surface area contributed by atoms with Gasteiger partial charge in [0.2, 0.25) is 0 Å². The Kier molecular flexibility index (Phi) is 6.87. The van der Waals surface area contributed by atoms with Crippen molar-refractivity contribution in [3.8, 4) is 0 Å². The molecule has 1 unspecified atom stereocenters. The molecule has 0 radical (unpaired) electrons. The summed E-state index contributed by atoms with van der Waals surface area (Å²) in [5.41, 5.74) is 2.56. The molecule has 114 valence electrons. The molecule has 1 aliphatic heterocycles. The number of allylic oxidation sites excluding steroid dienone is 3. The Balaban J connectivity index is 2.21. The highest BCUT2D eigenvalue weighted by Gasteiger charge is 2.45. The minimum atomic E-state index is -0.223. The number of carbonyl (C=O) groups is 1. The molecule has 0 N–H and O–H groups in total. The topological polar surface area (TPSA) is 26.3 Å². The molecular weight excluding hydrogens is 268 g/mol. The van der Waals surface area contributed by atoms with Crippen LogP contribution in [0.5, 0.6) is 0 Å². The molecule has 1 heterocycles. The van der Waals surface area contributed by atoms with E-state index in [-0.39, 0.29) is 5.97 Å². The highest BCUT2D eigenvalue weighted by atomic mass is 32.2. The third-order valence-electron chi connectivity index (χ3n) is 3.65. The van der Waals surface area contributed by atoms with E-state index in [1.165, 1.54) is 18.4 Å². The summed E-state index contributed by atoms with van der Waals surface area (Å²) in [6.45, 7) is 11.1. The van der Waals surface area contributed by atoms with Gasteiger partial charge >= 0.3 is 5.97 Å². The molecule has 2 nitrogen and oxygen atoms in total. The number of ether oxygens (including phenoxy) is 1. The summed E-state index contributed by atoms with van der Waals surface area (Å²) in [7, 11) is 0. The lowest BCUT2D eigenvalue weighted by Crippen LogP contribution is -2.02. The minimum absolute atomic E-state index is 0.223. The van der Waals surface area contributed by atoms with E-state index in [0.29, 0.717) is 11.4 Å². The Morgan fingerprint density at radius 3 is 2.45 bits per heavy atom. The molecule has 20 heavy (non-hydrogen) atoms. The first-order chi connectivity index (χ1) is 9.35. The molecule has 0 aromatic carbocycles. The summed E-state index contributed by atoms with van der Waals surface area (Å²) in [6.07, 6.45) is 8.34. The second-order valence-electron chi connectivity index (χ2n) is 6.08. The van der Waals surface area contributed by atoms with Crippen LogP contribution in [0.25, 0.3) is 0 Å². The third-order valence-corrected chi connectivity index (χ3v) is 5.39. The summed E-state index contributed by atoms with van der Waals surface area (Å²) in [6, 6.07) is 0. The van der Waals surface area contributed by atoms with Gasteiger partial charge in [0.1, 0.15) is 0 Å². The van der Waals surface area contributed by atoms with Gasteiger partial charge in [0.15, 0.2) is 0 Å². The van der Waals surface area contributed by atoms with Crippen LogP contribution < -0.4 is 0 Å². The zero-order valence-corrected chi connectivity index (χ0v) is 14.3. The molecule has 0 aromatic heterocycles. The molecule has 0 saturated carbocycles. The average molecular weight is 296 g/mol. The molecule has 0 bridgehead atoms. The Bertz CT molecular complexity index is 394. The van der Waals surface area contributed by atoms with E-state index >= 15 is 0 Å². The number of carbonyl (C=O) groups excluding carboxylic acids is 1. The Morgan fingerprint density at radius 1 is 1.25 bits per heavy atom. The van der Waals surface area contributed by atoms with Crippen LogP contribution in [0.3, 0.4) is 0 Å². The van der Waals surface area contributed by atoms with Crippen molar-refractivity contribution in [2.24, 2.45) is 0 Å². The van der Waals surface area contributed by atoms with Crippen LogP contribution in [0.2, 0.25) is 0 Å². The van der Waals surface area contributed by atoms with Gasteiger partial charge in [-0.3, -0.25) is 0 Å². The van der Waals surface area contributed by atoms with E-state index < -0.39 is 0 Å². The van der Waals surface area contributed by atoms with Gasteiger partial charge in [0.05, 0.1) is 6.61 Å². The summed E-state index contributed by atoms with van der Waals surface area (Å²) in [4.78, 5) is 11.3. The van der Waals surface area contributed by atoms with E-state index in [9.17, 15) is 4.79 Å². The Hall–Kier alpha value is -0.700. The summed E-state index contributed by atoms with van der Waals surface area (Å²) in [5.74, 6) is -0.223. The smallest absolute Gasteiger partial charge is 0.330 e. The van der Waals surface area contributed by atoms with Gasteiger partial charge in [0, 0.05) is 16.1 Å². The monoisotopic (exact) mass is 296 g/mol. The first-order valence-corrected chi connectivity index (χ1v) is 8.40. The highest BCUT2D eigenvalue weighted by Crippen LogP contribution is 2.55. The van der Waals surface area contributed by atoms with Gasteiger partial charge in [-0.2, -0.15) is 0 Å². The quantitative estimate of drug-likeness (QED) is 0.276. The zero-order chi connectivity index (χ0) is 15.2. The van der Waals surface area contributed by atoms with Gasteiger partial charge in [-0.1, -0.05) is 17.2 Å². The lowest BCUT2D eigenvalue weighted by atomic mass is 10.0. The molecule has 3 heteroatoms. The maximum atomic E-state index is 11.3. The van der Waals surface area contributed by atoms with E-state index in [4.69, 9.17) is 4.74 Å². The lowest BCUT2D eigenvalue weighted by molar-refractivity contribution is -0.137. The predicted molar refractivity (Wildman–Crippen MR) is 88.1 cm³/mol. The van der Waals surface area contributed by atoms with Gasteiger partial charge in [-0.25, -0.2) is 4.79 Å². The van der Waals surface area contributed by atoms with Crippen LogP contribution in [0, 0.1) is 0 Å². The van der Waals surface area contributed by atoms with Crippen LogP contribution in [0.1, 0.15) is 60.3 Å². The molecule has 0 spiro atoms. The summed E-state index contributed by atoms with van der Waals surface area (Å²) >= 11 is 2.09. The van der Waals surface area contributed by atoms with Crippen LogP contribution in [0.4, 0.5) is 0 Å². The van der Waals surface area contributed by atoms with Crippen molar-refractivity contribution < 1.29 is 9.53 Å². The number of hydrogen-bond donors (Lipinski definition) is 0. The van der Waals surface area contributed by atoms with Crippen molar-refractivity contribution in [3.05, 3.63) is 23.3 Å². The number of thioether (sulfide) groups is 1. The Labute approximate surface area is 128 Å². The molecule has 0 amide bonds. The van der Waals surface area contributed by atoms with Crippen molar-refractivity contribution in [3.63, 3.8) is 0 Å². The Morgan fingerprint density at radius 2 is 1.90 bits per heavy atom. The summed E-state index contributed by atoms with van der Waals surface area (Å²) in [5, 5.41) is 0.844. The number of hydrogen-bond acceptors (Lipinski definition) is 3. The second kappa shape index (κ2) is 7.92. The second-order valence-corrected chi connectivity index (χ2v) is 7.94. The number of rotatable bonds is 8. The molecule has 1 rings (SSSR count). The first-order valence-electron chi connectivity index (χ1n) is 7.52. The molecular formula is C17H28O2S. The highest BCUT2D eigenvalue weighted by molar-refractivity contribution is 8.08. The molecule has 1 atom stereocenters. The molecule has 0 aliphatic carbocycles. The normalized spacial score (nSPS) is 21.8. The van der Waals surface area contributed by atoms with Gasteiger partial charge in [0.25, 0.3) is 0 Å². The maximum absolute atomic E-state index is 11.3. The fraction of sp³-hybridized carbons (Fsp3) is 0.706. The van der Waals surface area contributed by atoms with E-state index in [0.717, 1.165) is 23.7 Å². The van der Waals surface area contributed by atoms with Crippen molar-refractivity contribution in [1.29, 1.82) is 0 Å². The summed E-state index contributed by atoms with van der Waals surface area (Å²) < 4.78 is 5.41. The van der Waals surface area contributed by atoms with Crippen LogP contribution in [0.15, 0.2) is 23.3 Å². The average Bonchev–Trinajstić information content (AvgIpc) is 2.94. The fourth-order valence-electron chi connectivity index (χ4n) is 2.20. The largest absolute Gasteiger partial charge is 0.463 e. The van der Waals surface area contributed by atoms with E-state index in [2.05, 4.69) is 38.6 Å². The van der Waals surface area contributed by atoms with Gasteiger partial charge in [-0.05, 0) is 60.3 Å². The van der Waals surface area contributed by atoms with Crippen LogP contribution in [-0.4, -0.2) is 22.6 Å². The van der Waals surface area contributed by atoms with Crippen molar-refractivity contribution in [2.75, 3.05) is 6.61 Å². The fourth-order valence-corrected chi connectivity index (χ4v) is 3.22. The third kappa shape index (κ3) is 6.65. The molecule has 1 aliphatic rings. The van der Waals surface area contributed by atoms with E-state index in [1.807, 2.05) is 13.8 Å². The van der Waals surface area contributed by atoms with Crippen molar-refractivity contribution >= 4 is 17.7 Å². The van der Waals surface area contributed by atoms with Gasteiger partial charge < -0.3 is 4.74 Å². The zero-order valence-electron chi connectivity index (χ0n) is 13.5. The standard InChI is InChI=1S/C17H28O2S/c1-6-19-16(18)12-14(3)9-7-8-13(2)10-11-15-17(4,5)20-15/h8,12,15H,6-7,9-11H2,1-5H3. The molecule has 1 saturated heterocycles. The number of esters is 1.